The number of rotatable bonds is 6. The van der Waals surface area contributed by atoms with Crippen molar-refractivity contribution in [1.82, 2.24) is 20.1 Å². The van der Waals surface area contributed by atoms with Crippen molar-refractivity contribution in [3.8, 4) is 6.07 Å². The van der Waals surface area contributed by atoms with E-state index in [1.54, 1.807) is 39.1 Å². The predicted molar refractivity (Wildman–Crippen MR) is 107 cm³/mol. The molecule has 0 unspecified atom stereocenters. The summed E-state index contributed by atoms with van der Waals surface area (Å²) >= 11 is 0. The van der Waals surface area contributed by atoms with Crippen molar-refractivity contribution in [2.45, 2.75) is 31.5 Å². The molecule has 3 rings (SSSR count). The Hall–Kier alpha value is -3.49. The molecule has 1 aliphatic rings. The molecule has 1 atom stereocenters. The summed E-state index contributed by atoms with van der Waals surface area (Å²) < 4.78 is 1.39. The van der Waals surface area contributed by atoms with E-state index in [2.05, 4.69) is 20.7 Å². The first-order valence-corrected chi connectivity index (χ1v) is 9.26. The van der Waals surface area contributed by atoms with Gasteiger partial charge in [0.15, 0.2) is 5.82 Å². The number of nitriles is 1. The zero-order chi connectivity index (χ0) is 22.1. The average molecular weight is 413 g/mol. The first-order chi connectivity index (χ1) is 14.0. The Morgan fingerprint density at radius 3 is 2.77 bits per heavy atom. The van der Waals surface area contributed by atoms with Crippen LogP contribution >= 0.6 is 0 Å². The third-order valence-corrected chi connectivity index (χ3v) is 4.59. The molecule has 30 heavy (non-hydrogen) atoms. The molecule has 0 bridgehead atoms. The quantitative estimate of drug-likeness (QED) is 0.484. The predicted octanol–water partition coefficient (Wildman–Crippen LogP) is 0.0508. The van der Waals surface area contributed by atoms with Crippen molar-refractivity contribution in [1.29, 1.82) is 5.26 Å². The molecule has 0 aliphatic carbocycles. The molecule has 0 saturated carbocycles. The number of amides is 2. The van der Waals surface area contributed by atoms with Crippen LogP contribution in [0.1, 0.15) is 30.8 Å². The van der Waals surface area contributed by atoms with Crippen LogP contribution in [-0.2, 0) is 11.8 Å². The van der Waals surface area contributed by atoms with Crippen LogP contribution in [0.2, 0.25) is 0 Å². The van der Waals surface area contributed by atoms with E-state index in [-0.39, 0.29) is 31.1 Å². The van der Waals surface area contributed by atoms with Gasteiger partial charge in [0.2, 0.25) is 5.60 Å². The molecular weight excluding hydrogens is 390 g/mol. The summed E-state index contributed by atoms with van der Waals surface area (Å²) in [6.45, 7) is 3.47. The van der Waals surface area contributed by atoms with E-state index in [4.69, 9.17) is 5.26 Å². The Labute approximate surface area is 172 Å². The number of carbonyl (C=O) groups excluding carboxylic acids is 2. The highest BCUT2D eigenvalue weighted by molar-refractivity contribution is 6.03. The topological polar surface area (TPSA) is 156 Å². The number of nitrogens with one attached hydrogen (secondary N) is 2. The molecule has 158 valence electrons. The fourth-order valence-corrected chi connectivity index (χ4v) is 2.97. The molecule has 0 radical (unpaired) electrons. The second kappa shape index (κ2) is 7.74. The number of pyridine rings is 1. The summed E-state index contributed by atoms with van der Waals surface area (Å²) in [5.41, 5.74) is -2.29. The van der Waals surface area contributed by atoms with Crippen molar-refractivity contribution in [3.05, 3.63) is 30.1 Å². The lowest BCUT2D eigenvalue weighted by Crippen LogP contribution is -2.38. The summed E-state index contributed by atoms with van der Waals surface area (Å²) in [6, 6.07) is 6.37. The lowest BCUT2D eigenvalue weighted by atomic mass is 10.1. The van der Waals surface area contributed by atoms with Crippen LogP contribution in [0.15, 0.2) is 24.4 Å². The van der Waals surface area contributed by atoms with Gasteiger partial charge in [-0.05, 0) is 19.9 Å². The highest BCUT2D eigenvalue weighted by Crippen LogP contribution is 2.29. The van der Waals surface area contributed by atoms with Crippen LogP contribution in [0.4, 0.5) is 17.3 Å². The van der Waals surface area contributed by atoms with E-state index < -0.39 is 17.1 Å². The molecule has 1 saturated heterocycles. The summed E-state index contributed by atoms with van der Waals surface area (Å²) in [7, 11) is 1.61. The van der Waals surface area contributed by atoms with E-state index >= 15 is 0 Å². The molecular formula is C19H23N7O4. The van der Waals surface area contributed by atoms with Gasteiger partial charge < -0.3 is 25.7 Å². The number of anilines is 3. The minimum atomic E-state index is -2.01. The van der Waals surface area contributed by atoms with Crippen LogP contribution in [0, 0.1) is 11.3 Å². The van der Waals surface area contributed by atoms with E-state index in [0.717, 1.165) is 0 Å². The third kappa shape index (κ3) is 4.40. The molecule has 2 amide bonds. The summed E-state index contributed by atoms with van der Waals surface area (Å²) in [6.07, 6.45) is 1.51. The summed E-state index contributed by atoms with van der Waals surface area (Å²) in [4.78, 5) is 30.1. The largest absolute Gasteiger partial charge is 0.389 e. The number of carbonyl (C=O) groups is 2. The normalized spacial score (nSPS) is 18.9. The van der Waals surface area contributed by atoms with Gasteiger partial charge in [0.05, 0.1) is 5.60 Å². The molecule has 2 aromatic rings. The van der Waals surface area contributed by atoms with Gasteiger partial charge in [0, 0.05) is 50.6 Å². The van der Waals surface area contributed by atoms with Crippen LogP contribution in [0.3, 0.4) is 0 Å². The molecule has 1 aliphatic heterocycles. The van der Waals surface area contributed by atoms with Crippen molar-refractivity contribution < 1.29 is 19.8 Å². The van der Waals surface area contributed by atoms with Gasteiger partial charge in [-0.3, -0.25) is 14.3 Å². The van der Waals surface area contributed by atoms with Crippen LogP contribution in [0.25, 0.3) is 0 Å². The molecule has 2 aromatic heterocycles. The van der Waals surface area contributed by atoms with Crippen molar-refractivity contribution in [2.75, 3.05) is 23.3 Å². The zero-order valence-corrected chi connectivity index (χ0v) is 16.9. The first-order valence-electron chi connectivity index (χ1n) is 9.26. The molecule has 0 aromatic carbocycles. The molecule has 11 nitrogen and oxygen atoms in total. The maximum Gasteiger partial charge on any atom is 0.273 e. The Kier molecular flexibility index (Phi) is 5.47. The third-order valence-electron chi connectivity index (χ3n) is 4.59. The van der Waals surface area contributed by atoms with Gasteiger partial charge in [-0.1, -0.05) is 0 Å². The van der Waals surface area contributed by atoms with E-state index in [1.165, 1.54) is 21.8 Å². The van der Waals surface area contributed by atoms with E-state index in [1.807, 2.05) is 0 Å². The van der Waals surface area contributed by atoms with Gasteiger partial charge in [-0.25, -0.2) is 4.98 Å². The molecule has 11 heteroatoms. The van der Waals surface area contributed by atoms with Crippen LogP contribution in [0.5, 0.6) is 0 Å². The van der Waals surface area contributed by atoms with Crippen molar-refractivity contribution in [3.63, 3.8) is 0 Å². The highest BCUT2D eigenvalue weighted by atomic mass is 16.3. The number of aliphatic hydroxyl groups is 2. The van der Waals surface area contributed by atoms with E-state index in [0.29, 0.717) is 17.3 Å². The smallest absolute Gasteiger partial charge is 0.273 e. The van der Waals surface area contributed by atoms with Crippen molar-refractivity contribution >= 4 is 29.1 Å². The first kappa shape index (κ1) is 21.2. The number of aromatic nitrogens is 3. The number of hydrogen-bond acceptors (Lipinski definition) is 8. The second-order valence-corrected chi connectivity index (χ2v) is 7.74. The maximum absolute atomic E-state index is 12.3. The van der Waals surface area contributed by atoms with Gasteiger partial charge in [-0.2, -0.15) is 10.4 Å². The van der Waals surface area contributed by atoms with Crippen molar-refractivity contribution in [2.24, 2.45) is 7.05 Å². The summed E-state index contributed by atoms with van der Waals surface area (Å²) in [5.74, 6) is -0.336. The minimum Gasteiger partial charge on any atom is -0.389 e. The van der Waals surface area contributed by atoms with Gasteiger partial charge in [-0.15, -0.1) is 0 Å². The van der Waals surface area contributed by atoms with Gasteiger partial charge >= 0.3 is 0 Å². The fraction of sp³-hybridized carbons (Fsp3) is 0.421. The summed E-state index contributed by atoms with van der Waals surface area (Å²) in [5, 5.41) is 38.6. The second-order valence-electron chi connectivity index (χ2n) is 7.74. The highest BCUT2D eigenvalue weighted by Gasteiger charge is 2.46. The Morgan fingerprint density at radius 1 is 1.40 bits per heavy atom. The molecule has 4 N–H and O–H groups in total. The van der Waals surface area contributed by atoms with Crippen LogP contribution in [-0.4, -0.2) is 61.1 Å². The Bertz CT molecular complexity index is 1020. The number of nitrogens with zero attached hydrogens (tertiary/aromatic N) is 5. The number of aryl methyl sites for hydroxylation is 1. The molecule has 1 fully saturated rings. The van der Waals surface area contributed by atoms with Crippen LogP contribution < -0.4 is 15.5 Å². The zero-order valence-electron chi connectivity index (χ0n) is 16.9. The minimum absolute atomic E-state index is 0.0246. The van der Waals surface area contributed by atoms with Gasteiger partial charge in [0.25, 0.3) is 11.8 Å². The molecule has 3 heterocycles. The number of hydrogen-bond donors (Lipinski definition) is 4. The maximum atomic E-state index is 12.3. The lowest BCUT2D eigenvalue weighted by Gasteiger charge is -2.18. The van der Waals surface area contributed by atoms with Gasteiger partial charge in [0.1, 0.15) is 17.6 Å². The Balaban J connectivity index is 1.74. The lowest BCUT2D eigenvalue weighted by molar-refractivity contribution is -0.128. The molecule has 0 spiro atoms. The average Bonchev–Trinajstić information content (AvgIpc) is 3.19. The SMILES string of the molecule is Cn1nc(Nc2cc(N3CC[C@](O)(C#N)C3=O)ccn2)cc1C(=O)NCC(C)(C)O. The van der Waals surface area contributed by atoms with E-state index in [9.17, 15) is 19.8 Å². The standard InChI is InChI=1S/C19H23N7O4/c1-18(2,29)11-22-16(27)13-9-15(24-25(13)3)23-14-8-12(4-6-21-14)26-7-5-19(30,10-20)17(26)28/h4,6,8-9,29-30H,5,7,11H2,1-3H3,(H,22,27)(H,21,23,24)/t19-/m0/s1. The Morgan fingerprint density at radius 2 is 2.13 bits per heavy atom. The monoisotopic (exact) mass is 413 g/mol. The fourth-order valence-electron chi connectivity index (χ4n) is 2.97.